The third-order valence-corrected chi connectivity index (χ3v) is 6.95. The van der Waals surface area contributed by atoms with E-state index in [1.165, 1.54) is 20.1 Å². The molecule has 3 aromatic rings. The molecule has 3 aromatic carbocycles. The average molecular weight is 528 g/mol. The first-order valence-corrected chi connectivity index (χ1v) is 12.2. The van der Waals surface area contributed by atoms with Crippen molar-refractivity contribution in [3.8, 4) is 28.7 Å². The Morgan fingerprint density at radius 1 is 1.05 bits per heavy atom. The molecule has 0 aromatic heterocycles. The summed E-state index contributed by atoms with van der Waals surface area (Å²) < 4.78 is 17.0. The molecule has 0 fully saturated rings. The molecule has 2 aliphatic rings. The van der Waals surface area contributed by atoms with Gasteiger partial charge in [0.1, 0.15) is 51.4 Å². The van der Waals surface area contributed by atoms with Crippen molar-refractivity contribution in [3.05, 3.63) is 89.2 Å². The molecule has 1 aliphatic heterocycles. The van der Waals surface area contributed by atoms with E-state index >= 15 is 0 Å². The molecular formula is C30H25NO8. The average Bonchev–Trinajstić information content (AvgIpc) is 3.21. The highest BCUT2D eigenvalue weighted by Crippen LogP contribution is 2.56. The van der Waals surface area contributed by atoms with Crippen molar-refractivity contribution in [1.29, 1.82) is 0 Å². The Morgan fingerprint density at radius 2 is 1.72 bits per heavy atom. The van der Waals surface area contributed by atoms with Crippen LogP contribution in [0.15, 0.2) is 72.5 Å². The summed E-state index contributed by atoms with van der Waals surface area (Å²) in [6.45, 7) is 2.77. The summed E-state index contributed by atoms with van der Waals surface area (Å²) in [5.41, 5.74) is -0.886. The van der Waals surface area contributed by atoms with Crippen LogP contribution in [0.3, 0.4) is 0 Å². The van der Waals surface area contributed by atoms with Crippen LogP contribution >= 0.6 is 0 Å². The lowest BCUT2D eigenvalue weighted by molar-refractivity contribution is -0.140. The smallest absolute Gasteiger partial charge is 0.259 e. The molecule has 1 amide bonds. The minimum absolute atomic E-state index is 0.00543. The number of hydrogen-bond donors (Lipinski definition) is 2. The molecule has 1 unspecified atom stereocenters. The first kappa shape index (κ1) is 25.7. The lowest BCUT2D eigenvalue weighted by Crippen LogP contribution is -2.47. The molecule has 1 heterocycles. The van der Waals surface area contributed by atoms with Crippen LogP contribution in [0.1, 0.15) is 35.3 Å². The maximum Gasteiger partial charge on any atom is 0.259 e. The minimum atomic E-state index is -1.63. The highest BCUT2D eigenvalue weighted by molar-refractivity contribution is 6.27. The van der Waals surface area contributed by atoms with Crippen LogP contribution in [0.25, 0.3) is 0 Å². The third-order valence-electron chi connectivity index (χ3n) is 6.95. The van der Waals surface area contributed by atoms with Crippen LogP contribution in [-0.2, 0) is 26.3 Å². The van der Waals surface area contributed by atoms with Gasteiger partial charge in [0.15, 0.2) is 17.3 Å². The number of nitrogens with one attached hydrogen (secondary N) is 1. The van der Waals surface area contributed by atoms with Gasteiger partial charge in [-0.3, -0.25) is 19.2 Å². The monoisotopic (exact) mass is 527 g/mol. The van der Waals surface area contributed by atoms with E-state index in [2.05, 4.69) is 5.32 Å². The van der Waals surface area contributed by atoms with Crippen molar-refractivity contribution in [3.63, 3.8) is 0 Å². The Balaban J connectivity index is 1.42. The highest BCUT2D eigenvalue weighted by atomic mass is 16.5. The van der Waals surface area contributed by atoms with Crippen molar-refractivity contribution in [2.75, 3.05) is 7.11 Å². The summed E-state index contributed by atoms with van der Waals surface area (Å²) in [6, 6.07) is 17.7. The fourth-order valence-electron chi connectivity index (χ4n) is 4.92. The fraction of sp³-hybridized carbons (Fsp3) is 0.200. The number of Topliss-reactive ketones (excluding diaryl/α,β-unsaturated/α-hetero) is 2. The molecule has 39 heavy (non-hydrogen) atoms. The molecular weight excluding hydrogens is 502 g/mol. The molecule has 0 saturated heterocycles. The van der Waals surface area contributed by atoms with E-state index in [0.717, 1.165) is 18.6 Å². The molecule has 2 N–H and O–H groups in total. The number of phenols is 1. The number of phenolic OH excluding ortho intramolecular Hbond substituents is 1. The summed E-state index contributed by atoms with van der Waals surface area (Å²) in [6.07, 6.45) is 1.08. The predicted octanol–water partition coefficient (Wildman–Crippen LogP) is 4.01. The van der Waals surface area contributed by atoms with Crippen molar-refractivity contribution in [2.24, 2.45) is 5.92 Å². The van der Waals surface area contributed by atoms with E-state index in [4.69, 9.17) is 14.2 Å². The standard InChI is InChI=1S/C30H25NO8/c1-16(32)24-20(33)14-23-30(2,28(24)35)26-21(34)13-22(37-3)25(27(26)39-23)29(36)31-15-17-9-11-19(12-10-17)38-18-7-5-4-6-8-18/h4-14,24,34H,15H2,1-3H3,(H,31,36)/t24?,30-/m1/s1. The van der Waals surface area contributed by atoms with Gasteiger partial charge >= 0.3 is 0 Å². The summed E-state index contributed by atoms with van der Waals surface area (Å²) in [5.74, 6) is -3.30. The number of ketones is 3. The topological polar surface area (TPSA) is 128 Å². The molecule has 9 heteroatoms. The number of rotatable bonds is 7. The molecule has 0 spiro atoms. The second kappa shape index (κ2) is 9.75. The van der Waals surface area contributed by atoms with Gasteiger partial charge in [0.25, 0.3) is 5.91 Å². The number of para-hydroxylation sites is 1. The zero-order valence-electron chi connectivity index (χ0n) is 21.4. The maximum atomic E-state index is 13.4. The summed E-state index contributed by atoms with van der Waals surface area (Å²) >= 11 is 0. The summed E-state index contributed by atoms with van der Waals surface area (Å²) in [7, 11) is 1.33. The van der Waals surface area contributed by atoms with Crippen molar-refractivity contribution >= 4 is 23.3 Å². The molecule has 2 atom stereocenters. The lowest BCUT2D eigenvalue weighted by atomic mass is 9.67. The number of amides is 1. The number of carbonyl (C=O) groups excluding carboxylic acids is 4. The predicted molar refractivity (Wildman–Crippen MR) is 139 cm³/mol. The third kappa shape index (κ3) is 4.31. The lowest BCUT2D eigenvalue weighted by Gasteiger charge is -2.30. The van der Waals surface area contributed by atoms with Crippen LogP contribution in [0.4, 0.5) is 0 Å². The van der Waals surface area contributed by atoms with Crippen molar-refractivity contribution in [1.82, 2.24) is 5.32 Å². The van der Waals surface area contributed by atoms with Gasteiger partial charge in [-0.25, -0.2) is 0 Å². The number of ether oxygens (including phenoxy) is 3. The van der Waals surface area contributed by atoms with Crippen LogP contribution in [-0.4, -0.2) is 35.5 Å². The normalized spacial score (nSPS) is 19.4. The first-order valence-electron chi connectivity index (χ1n) is 12.2. The van der Waals surface area contributed by atoms with E-state index in [1.54, 1.807) is 24.3 Å². The molecule has 9 nitrogen and oxygen atoms in total. The second-order valence-electron chi connectivity index (χ2n) is 9.46. The van der Waals surface area contributed by atoms with Gasteiger partial charge in [0, 0.05) is 18.7 Å². The van der Waals surface area contributed by atoms with Gasteiger partial charge in [-0.1, -0.05) is 30.3 Å². The fourth-order valence-corrected chi connectivity index (χ4v) is 4.92. The molecule has 0 radical (unpaired) electrons. The Kier molecular flexibility index (Phi) is 6.43. The largest absolute Gasteiger partial charge is 0.507 e. The molecule has 198 valence electrons. The second-order valence-corrected chi connectivity index (χ2v) is 9.46. The number of carbonyl (C=O) groups is 4. The van der Waals surface area contributed by atoms with E-state index in [1.807, 2.05) is 30.3 Å². The zero-order chi connectivity index (χ0) is 27.9. The number of allylic oxidation sites excluding steroid dienone is 2. The molecule has 5 rings (SSSR count). The molecule has 1 aliphatic carbocycles. The SMILES string of the molecule is COc1cc(O)c2c(c1C(=O)NCc1ccc(Oc3ccccc3)cc1)OC1=CC(=O)C(C(C)=O)C(=O)[C@]12C. The van der Waals surface area contributed by atoms with Crippen molar-refractivity contribution < 1.29 is 38.5 Å². The first-order chi connectivity index (χ1) is 18.6. The quantitative estimate of drug-likeness (QED) is 0.441. The van der Waals surface area contributed by atoms with E-state index in [-0.39, 0.29) is 40.7 Å². The number of fused-ring (bicyclic) bond motifs is 3. The van der Waals surface area contributed by atoms with Gasteiger partial charge in [-0.15, -0.1) is 0 Å². The van der Waals surface area contributed by atoms with Gasteiger partial charge in [0.05, 0.1) is 12.7 Å². The Morgan fingerprint density at radius 3 is 2.36 bits per heavy atom. The number of hydrogen-bond acceptors (Lipinski definition) is 8. The highest BCUT2D eigenvalue weighted by Gasteiger charge is 2.58. The van der Waals surface area contributed by atoms with E-state index in [0.29, 0.717) is 11.5 Å². The van der Waals surface area contributed by atoms with Gasteiger partial charge in [-0.05, 0) is 43.7 Å². The van der Waals surface area contributed by atoms with Crippen LogP contribution in [0.2, 0.25) is 0 Å². The van der Waals surface area contributed by atoms with Gasteiger partial charge in [0.2, 0.25) is 0 Å². The molecule has 0 saturated carbocycles. The minimum Gasteiger partial charge on any atom is -0.507 e. The Hall–Kier alpha value is -4.92. The van der Waals surface area contributed by atoms with Gasteiger partial charge < -0.3 is 24.6 Å². The number of methoxy groups -OCH3 is 1. The van der Waals surface area contributed by atoms with Crippen LogP contribution in [0.5, 0.6) is 28.7 Å². The van der Waals surface area contributed by atoms with E-state index in [9.17, 15) is 24.3 Å². The zero-order valence-corrected chi connectivity index (χ0v) is 21.4. The molecule has 0 bridgehead atoms. The number of benzene rings is 3. The maximum absolute atomic E-state index is 13.4. The van der Waals surface area contributed by atoms with E-state index < -0.39 is 34.6 Å². The van der Waals surface area contributed by atoms with Crippen molar-refractivity contribution in [2.45, 2.75) is 25.8 Å². The Labute approximate surface area is 224 Å². The van der Waals surface area contributed by atoms with Gasteiger partial charge in [-0.2, -0.15) is 0 Å². The number of aromatic hydroxyl groups is 1. The summed E-state index contributed by atoms with van der Waals surface area (Å²) in [4.78, 5) is 51.4. The van der Waals surface area contributed by atoms with Crippen LogP contribution < -0.4 is 19.5 Å². The summed E-state index contributed by atoms with van der Waals surface area (Å²) in [5, 5.41) is 13.7. The van der Waals surface area contributed by atoms with Crippen LogP contribution in [0, 0.1) is 5.92 Å². The Bertz CT molecular complexity index is 1540.